The monoisotopic (exact) mass is 397 g/mol. The van der Waals surface area contributed by atoms with Gasteiger partial charge in [0.05, 0.1) is 7.11 Å². The molecular weight excluding hydrogens is 374 g/mol. The van der Waals surface area contributed by atoms with E-state index in [1.807, 2.05) is 48.5 Å². The molecule has 0 fully saturated rings. The fourth-order valence-electron chi connectivity index (χ4n) is 2.55. The smallest absolute Gasteiger partial charge is 0.264 e. The lowest BCUT2D eigenvalue weighted by Crippen LogP contribution is -2.20. The van der Waals surface area contributed by atoms with Crippen LogP contribution in [0, 0.1) is 0 Å². The molecular formula is C21H23N3O3S. The maximum absolute atomic E-state index is 12.1. The zero-order valence-corrected chi connectivity index (χ0v) is 17.0. The SMILES string of the molecule is COc1ccc(Cc2nnc(NC(=O)COc3ccc(C(C)C)cc3)s2)cc1. The number of rotatable bonds is 8. The van der Waals surface area contributed by atoms with Crippen LogP contribution < -0.4 is 14.8 Å². The van der Waals surface area contributed by atoms with Crippen LogP contribution in [0.2, 0.25) is 0 Å². The minimum Gasteiger partial charge on any atom is -0.497 e. The number of ether oxygens (including phenoxy) is 2. The standard InChI is InChI=1S/C21H23N3O3S/c1-14(2)16-6-10-18(11-7-16)27-13-19(25)22-21-24-23-20(28-21)12-15-4-8-17(26-3)9-5-15/h4-11,14H,12-13H2,1-3H3,(H,22,24,25). The molecule has 0 saturated heterocycles. The zero-order valence-electron chi connectivity index (χ0n) is 16.1. The molecule has 2 aromatic carbocycles. The van der Waals surface area contributed by atoms with E-state index in [4.69, 9.17) is 9.47 Å². The summed E-state index contributed by atoms with van der Waals surface area (Å²) in [6.07, 6.45) is 0.649. The van der Waals surface area contributed by atoms with Gasteiger partial charge >= 0.3 is 0 Å². The quantitative estimate of drug-likeness (QED) is 0.614. The molecule has 0 radical (unpaired) electrons. The summed E-state index contributed by atoms with van der Waals surface area (Å²) in [6, 6.07) is 15.5. The summed E-state index contributed by atoms with van der Waals surface area (Å²) in [5.41, 5.74) is 2.33. The molecule has 1 amide bonds. The molecule has 3 aromatic rings. The summed E-state index contributed by atoms with van der Waals surface area (Å²) in [4.78, 5) is 12.1. The van der Waals surface area contributed by atoms with Crippen molar-refractivity contribution in [3.05, 3.63) is 64.7 Å². The van der Waals surface area contributed by atoms with Crippen molar-refractivity contribution in [2.45, 2.75) is 26.2 Å². The first-order chi connectivity index (χ1) is 13.5. The summed E-state index contributed by atoms with van der Waals surface area (Å²) in [6.45, 7) is 4.19. The van der Waals surface area contributed by atoms with Crippen LogP contribution >= 0.6 is 11.3 Å². The van der Waals surface area contributed by atoms with Crippen LogP contribution in [-0.4, -0.2) is 29.8 Å². The minimum absolute atomic E-state index is 0.0750. The number of hydrogen-bond donors (Lipinski definition) is 1. The molecule has 0 unspecified atom stereocenters. The predicted molar refractivity (Wildman–Crippen MR) is 110 cm³/mol. The summed E-state index contributed by atoms with van der Waals surface area (Å²) in [5, 5.41) is 12.2. The summed E-state index contributed by atoms with van der Waals surface area (Å²) >= 11 is 1.35. The number of carbonyl (C=O) groups is 1. The number of hydrogen-bond acceptors (Lipinski definition) is 6. The van der Waals surface area contributed by atoms with Crippen LogP contribution in [0.4, 0.5) is 5.13 Å². The second-order valence-electron chi connectivity index (χ2n) is 6.59. The van der Waals surface area contributed by atoms with Gasteiger partial charge in [0.1, 0.15) is 16.5 Å². The maximum atomic E-state index is 12.1. The Morgan fingerprint density at radius 2 is 1.71 bits per heavy atom. The van der Waals surface area contributed by atoms with Crippen LogP contribution in [0.3, 0.4) is 0 Å². The third-order valence-corrected chi connectivity index (χ3v) is 4.98. The van der Waals surface area contributed by atoms with Crippen LogP contribution in [-0.2, 0) is 11.2 Å². The van der Waals surface area contributed by atoms with Crippen molar-refractivity contribution in [1.82, 2.24) is 10.2 Å². The molecule has 0 aliphatic heterocycles. The second-order valence-corrected chi connectivity index (χ2v) is 7.65. The van der Waals surface area contributed by atoms with Gasteiger partial charge in [-0.3, -0.25) is 10.1 Å². The Morgan fingerprint density at radius 3 is 2.36 bits per heavy atom. The van der Waals surface area contributed by atoms with Crippen LogP contribution in [0.15, 0.2) is 48.5 Å². The van der Waals surface area contributed by atoms with Gasteiger partial charge in [0.25, 0.3) is 5.91 Å². The zero-order chi connectivity index (χ0) is 19.9. The summed E-state index contributed by atoms with van der Waals surface area (Å²) in [5.74, 6) is 1.67. The Kier molecular flexibility index (Phi) is 6.60. The molecule has 3 rings (SSSR count). The molecule has 0 saturated carbocycles. The molecule has 0 bridgehead atoms. The maximum Gasteiger partial charge on any atom is 0.264 e. The molecule has 0 aliphatic carbocycles. The van der Waals surface area contributed by atoms with E-state index in [2.05, 4.69) is 29.4 Å². The molecule has 0 aliphatic rings. The molecule has 6 nitrogen and oxygen atoms in total. The largest absolute Gasteiger partial charge is 0.497 e. The highest BCUT2D eigenvalue weighted by atomic mass is 32.1. The van der Waals surface area contributed by atoms with Gasteiger partial charge in [0, 0.05) is 6.42 Å². The lowest BCUT2D eigenvalue weighted by atomic mass is 10.0. The van der Waals surface area contributed by atoms with Crippen molar-refractivity contribution in [3.63, 3.8) is 0 Å². The molecule has 0 atom stereocenters. The van der Waals surface area contributed by atoms with Gasteiger partial charge in [0.15, 0.2) is 6.61 Å². The Morgan fingerprint density at radius 1 is 1.04 bits per heavy atom. The normalized spacial score (nSPS) is 10.7. The van der Waals surface area contributed by atoms with E-state index in [1.165, 1.54) is 16.9 Å². The number of methoxy groups -OCH3 is 1. The number of benzene rings is 2. The lowest BCUT2D eigenvalue weighted by molar-refractivity contribution is -0.118. The first-order valence-electron chi connectivity index (χ1n) is 9.01. The Hall–Kier alpha value is -2.93. The summed E-state index contributed by atoms with van der Waals surface area (Å²) in [7, 11) is 1.64. The van der Waals surface area contributed by atoms with Gasteiger partial charge in [-0.25, -0.2) is 0 Å². The molecule has 7 heteroatoms. The van der Waals surface area contributed by atoms with Crippen LogP contribution in [0.1, 0.15) is 35.9 Å². The van der Waals surface area contributed by atoms with Crippen molar-refractivity contribution in [2.24, 2.45) is 0 Å². The summed E-state index contributed by atoms with van der Waals surface area (Å²) < 4.78 is 10.7. The highest BCUT2D eigenvalue weighted by molar-refractivity contribution is 7.15. The first kappa shape index (κ1) is 19.8. The van der Waals surface area contributed by atoms with Gasteiger partial charge in [0.2, 0.25) is 5.13 Å². The topological polar surface area (TPSA) is 73.3 Å². The van der Waals surface area contributed by atoms with Crippen molar-refractivity contribution < 1.29 is 14.3 Å². The molecule has 1 aromatic heterocycles. The third-order valence-electron chi connectivity index (χ3n) is 4.14. The number of aromatic nitrogens is 2. The Bertz CT molecular complexity index is 905. The Labute approximate surface area is 168 Å². The fraction of sp³-hybridized carbons (Fsp3) is 0.286. The van der Waals surface area contributed by atoms with Gasteiger partial charge in [-0.15, -0.1) is 10.2 Å². The third kappa shape index (κ3) is 5.53. The van der Waals surface area contributed by atoms with Crippen LogP contribution in [0.5, 0.6) is 11.5 Å². The van der Waals surface area contributed by atoms with Crippen molar-refractivity contribution in [1.29, 1.82) is 0 Å². The van der Waals surface area contributed by atoms with Gasteiger partial charge in [-0.05, 0) is 41.3 Å². The number of nitrogens with zero attached hydrogens (tertiary/aromatic N) is 2. The molecule has 0 spiro atoms. The van der Waals surface area contributed by atoms with E-state index >= 15 is 0 Å². The number of amides is 1. The molecule has 28 heavy (non-hydrogen) atoms. The molecule has 1 N–H and O–H groups in total. The molecule has 1 heterocycles. The number of anilines is 1. The van der Waals surface area contributed by atoms with E-state index in [1.54, 1.807) is 7.11 Å². The van der Waals surface area contributed by atoms with E-state index < -0.39 is 0 Å². The highest BCUT2D eigenvalue weighted by Crippen LogP contribution is 2.21. The van der Waals surface area contributed by atoms with Crippen molar-refractivity contribution in [3.8, 4) is 11.5 Å². The minimum atomic E-state index is -0.264. The number of nitrogens with one attached hydrogen (secondary N) is 1. The number of carbonyl (C=O) groups excluding carboxylic acids is 1. The second kappa shape index (κ2) is 9.32. The van der Waals surface area contributed by atoms with Gasteiger partial charge < -0.3 is 9.47 Å². The Balaban J connectivity index is 1.49. The van der Waals surface area contributed by atoms with E-state index in [9.17, 15) is 4.79 Å². The fourth-order valence-corrected chi connectivity index (χ4v) is 3.34. The average Bonchev–Trinajstić information content (AvgIpc) is 3.14. The van der Waals surface area contributed by atoms with Crippen LogP contribution in [0.25, 0.3) is 0 Å². The van der Waals surface area contributed by atoms with Crippen molar-refractivity contribution >= 4 is 22.4 Å². The lowest BCUT2D eigenvalue weighted by Gasteiger charge is -2.08. The first-order valence-corrected chi connectivity index (χ1v) is 9.83. The van der Waals surface area contributed by atoms with Gasteiger partial charge in [-0.1, -0.05) is 49.4 Å². The van der Waals surface area contributed by atoms with E-state index in [-0.39, 0.29) is 12.5 Å². The highest BCUT2D eigenvalue weighted by Gasteiger charge is 2.10. The average molecular weight is 398 g/mol. The van der Waals surface area contributed by atoms with E-state index in [0.717, 1.165) is 16.3 Å². The van der Waals surface area contributed by atoms with Gasteiger partial charge in [-0.2, -0.15) is 0 Å². The predicted octanol–water partition coefficient (Wildman–Crippen LogP) is 4.28. The van der Waals surface area contributed by atoms with E-state index in [0.29, 0.717) is 23.2 Å². The van der Waals surface area contributed by atoms with Crippen molar-refractivity contribution in [2.75, 3.05) is 19.0 Å². The molecule has 146 valence electrons.